The molecule has 0 amide bonds. The zero-order chi connectivity index (χ0) is 11.5. The molecule has 17 heavy (non-hydrogen) atoms. The Morgan fingerprint density at radius 3 is 3.18 bits per heavy atom. The molecule has 2 heterocycles. The van der Waals surface area contributed by atoms with E-state index in [-0.39, 0.29) is 0 Å². The van der Waals surface area contributed by atoms with Gasteiger partial charge < -0.3 is 5.32 Å². The van der Waals surface area contributed by atoms with E-state index in [1.54, 1.807) is 12.4 Å². The van der Waals surface area contributed by atoms with Gasteiger partial charge in [-0.05, 0) is 18.9 Å². The number of fused-ring (bicyclic) bond motifs is 1. The summed E-state index contributed by atoms with van der Waals surface area (Å²) >= 11 is 1.40. The molecule has 0 spiro atoms. The highest BCUT2D eigenvalue weighted by atomic mass is 32.2. The van der Waals surface area contributed by atoms with Gasteiger partial charge in [-0.15, -0.1) is 0 Å². The van der Waals surface area contributed by atoms with Crippen LogP contribution in [-0.4, -0.2) is 17.0 Å². The molecule has 0 radical (unpaired) electrons. The number of guanidine groups is 1. The Morgan fingerprint density at radius 2 is 2.29 bits per heavy atom. The van der Waals surface area contributed by atoms with Gasteiger partial charge in [-0.2, -0.15) is 4.40 Å². The van der Waals surface area contributed by atoms with Gasteiger partial charge in [0.05, 0.1) is 16.7 Å². The van der Waals surface area contributed by atoms with Crippen molar-refractivity contribution in [2.75, 3.05) is 5.32 Å². The molecule has 1 fully saturated rings. The second kappa shape index (κ2) is 4.93. The van der Waals surface area contributed by atoms with Gasteiger partial charge in [-0.25, -0.2) is 5.48 Å². The molecule has 0 saturated heterocycles. The molecule has 0 bridgehead atoms. The normalized spacial score (nSPS) is 19.4. The van der Waals surface area contributed by atoms with Crippen molar-refractivity contribution in [2.45, 2.75) is 36.7 Å². The molecule has 0 unspecified atom stereocenters. The number of anilines is 1. The van der Waals surface area contributed by atoms with Gasteiger partial charge in [0.1, 0.15) is 0 Å². The average molecular weight is 250 g/mol. The summed E-state index contributed by atoms with van der Waals surface area (Å²) in [5.41, 5.74) is 3.91. The fourth-order valence-corrected chi connectivity index (χ4v) is 2.59. The van der Waals surface area contributed by atoms with Crippen molar-refractivity contribution >= 4 is 23.6 Å². The maximum absolute atomic E-state index is 5.59. The molecule has 5 nitrogen and oxygen atoms in total. The predicted molar refractivity (Wildman–Crippen MR) is 67.6 cm³/mol. The Balaban J connectivity index is 1.57. The van der Waals surface area contributed by atoms with Crippen LogP contribution in [0.3, 0.4) is 0 Å². The number of hydroxylamine groups is 1. The van der Waals surface area contributed by atoms with Crippen molar-refractivity contribution in [3.8, 4) is 0 Å². The van der Waals surface area contributed by atoms with Crippen LogP contribution in [0.25, 0.3) is 0 Å². The second-order valence-corrected chi connectivity index (χ2v) is 4.96. The molecule has 0 atom stereocenters. The van der Waals surface area contributed by atoms with E-state index in [2.05, 4.69) is 20.2 Å². The summed E-state index contributed by atoms with van der Waals surface area (Å²) < 4.78 is 4.28. The average Bonchev–Trinajstić information content (AvgIpc) is 2.89. The maximum atomic E-state index is 5.59. The van der Waals surface area contributed by atoms with Crippen LogP contribution < -0.4 is 10.8 Å². The van der Waals surface area contributed by atoms with Gasteiger partial charge >= 0.3 is 0 Å². The van der Waals surface area contributed by atoms with Crippen LogP contribution in [0.15, 0.2) is 27.8 Å². The summed E-state index contributed by atoms with van der Waals surface area (Å²) in [6.45, 7) is 0. The number of hydrogen-bond donors (Lipinski definition) is 2. The number of nitrogens with zero attached hydrogens (tertiary/aromatic N) is 2. The molecule has 2 aliphatic rings. The highest BCUT2D eigenvalue weighted by Crippen LogP contribution is 2.30. The van der Waals surface area contributed by atoms with Gasteiger partial charge in [-0.1, -0.05) is 12.8 Å². The summed E-state index contributed by atoms with van der Waals surface area (Å²) in [5.74, 6) is 0.653. The Hall–Kier alpha value is -1.27. The van der Waals surface area contributed by atoms with Crippen LogP contribution in [0.1, 0.15) is 25.7 Å². The SMILES string of the molecule is c1cc2c(cn1)SN=C(NOC1CCCC1)N2. The highest BCUT2D eigenvalue weighted by Gasteiger charge is 2.18. The molecular formula is C11H14N4OS. The Morgan fingerprint density at radius 1 is 1.41 bits per heavy atom. The molecule has 1 aromatic rings. The monoisotopic (exact) mass is 250 g/mol. The Kier molecular flexibility index (Phi) is 3.15. The Bertz CT molecular complexity index is 431. The van der Waals surface area contributed by atoms with E-state index in [4.69, 9.17) is 4.84 Å². The lowest BCUT2D eigenvalue weighted by atomic mass is 10.3. The standard InChI is InChI=1S/C11H14N4OS/c1-2-4-8(3-1)16-14-11-13-9-5-6-12-7-10(9)17-15-11/h5-8H,1-4H2,(H2,13,14,15). The minimum atomic E-state index is 0.323. The van der Waals surface area contributed by atoms with Crippen molar-refractivity contribution in [2.24, 2.45) is 4.40 Å². The van der Waals surface area contributed by atoms with Crippen LogP contribution in [0.5, 0.6) is 0 Å². The largest absolute Gasteiger partial charge is 0.323 e. The van der Waals surface area contributed by atoms with Gasteiger partial charge in [-0.3, -0.25) is 9.82 Å². The molecule has 1 aromatic heterocycles. The van der Waals surface area contributed by atoms with E-state index < -0.39 is 0 Å². The van der Waals surface area contributed by atoms with Crippen LogP contribution in [0.4, 0.5) is 5.69 Å². The molecule has 0 aromatic carbocycles. The third-order valence-electron chi connectivity index (χ3n) is 2.90. The fraction of sp³-hybridized carbons (Fsp3) is 0.455. The second-order valence-electron chi connectivity index (χ2n) is 4.15. The quantitative estimate of drug-likeness (QED) is 0.623. The third kappa shape index (κ3) is 2.53. The molecular weight excluding hydrogens is 236 g/mol. The van der Waals surface area contributed by atoms with E-state index in [0.717, 1.165) is 23.4 Å². The van der Waals surface area contributed by atoms with Gasteiger partial charge in [0.2, 0.25) is 5.96 Å². The molecule has 6 heteroatoms. The van der Waals surface area contributed by atoms with Gasteiger partial charge in [0, 0.05) is 24.3 Å². The molecule has 1 aliphatic carbocycles. The predicted octanol–water partition coefficient (Wildman–Crippen LogP) is 2.33. The lowest BCUT2D eigenvalue weighted by Crippen LogP contribution is -2.34. The topological polar surface area (TPSA) is 58.5 Å². The van der Waals surface area contributed by atoms with Crippen LogP contribution in [0, 0.1) is 0 Å². The number of rotatable bonds is 2. The van der Waals surface area contributed by atoms with Gasteiger partial charge in [0.25, 0.3) is 0 Å². The van der Waals surface area contributed by atoms with Crippen molar-refractivity contribution in [1.82, 2.24) is 10.5 Å². The van der Waals surface area contributed by atoms with Crippen molar-refractivity contribution in [3.63, 3.8) is 0 Å². The molecule has 3 rings (SSSR count). The molecule has 1 aliphatic heterocycles. The minimum absolute atomic E-state index is 0.323. The minimum Gasteiger partial charge on any atom is -0.323 e. The van der Waals surface area contributed by atoms with E-state index in [1.165, 1.54) is 24.8 Å². The van der Waals surface area contributed by atoms with Crippen molar-refractivity contribution < 1.29 is 4.84 Å². The van der Waals surface area contributed by atoms with E-state index in [0.29, 0.717) is 12.1 Å². The van der Waals surface area contributed by atoms with E-state index in [1.807, 2.05) is 6.07 Å². The summed E-state index contributed by atoms with van der Waals surface area (Å²) in [4.78, 5) is 10.7. The van der Waals surface area contributed by atoms with E-state index >= 15 is 0 Å². The van der Waals surface area contributed by atoms with Gasteiger partial charge in [0.15, 0.2) is 0 Å². The first kappa shape index (κ1) is 10.9. The zero-order valence-corrected chi connectivity index (χ0v) is 10.2. The molecule has 90 valence electrons. The number of nitrogens with one attached hydrogen (secondary N) is 2. The first-order valence-corrected chi connectivity index (χ1v) is 6.57. The third-order valence-corrected chi connectivity index (χ3v) is 3.69. The van der Waals surface area contributed by atoms with Crippen LogP contribution in [-0.2, 0) is 4.84 Å². The highest BCUT2D eigenvalue weighted by molar-refractivity contribution is 7.98. The van der Waals surface area contributed by atoms with E-state index in [9.17, 15) is 0 Å². The lowest BCUT2D eigenvalue weighted by molar-refractivity contribution is 0.0150. The maximum Gasteiger partial charge on any atom is 0.232 e. The van der Waals surface area contributed by atoms with Crippen LogP contribution >= 0.6 is 11.9 Å². The van der Waals surface area contributed by atoms with Crippen molar-refractivity contribution in [1.29, 1.82) is 0 Å². The molecule has 1 saturated carbocycles. The smallest absolute Gasteiger partial charge is 0.232 e. The first-order valence-electron chi connectivity index (χ1n) is 5.79. The zero-order valence-electron chi connectivity index (χ0n) is 9.35. The number of hydrogen-bond acceptors (Lipinski definition) is 6. The summed E-state index contributed by atoms with van der Waals surface area (Å²) in [7, 11) is 0. The fourth-order valence-electron chi connectivity index (χ4n) is 1.99. The summed E-state index contributed by atoms with van der Waals surface area (Å²) in [6.07, 6.45) is 8.66. The molecule has 2 N–H and O–H groups in total. The number of pyridine rings is 1. The summed E-state index contributed by atoms with van der Waals surface area (Å²) in [6, 6.07) is 1.92. The first-order chi connectivity index (χ1) is 8.42. The summed E-state index contributed by atoms with van der Waals surface area (Å²) in [5, 5.41) is 3.17. The number of aromatic nitrogens is 1. The Labute approximate surface area is 104 Å². The van der Waals surface area contributed by atoms with Crippen LogP contribution in [0.2, 0.25) is 0 Å². The lowest BCUT2D eigenvalue weighted by Gasteiger charge is -2.19. The van der Waals surface area contributed by atoms with Crippen molar-refractivity contribution in [3.05, 3.63) is 18.5 Å².